The molecule has 0 fully saturated rings. The summed E-state index contributed by atoms with van der Waals surface area (Å²) in [6, 6.07) is 9.17. The Labute approximate surface area is 138 Å². The zero-order valence-corrected chi connectivity index (χ0v) is 14.2. The summed E-state index contributed by atoms with van der Waals surface area (Å²) in [5.41, 5.74) is 4.17. The topological polar surface area (TPSA) is 50.7 Å². The number of aryl methyl sites for hydroxylation is 1. The van der Waals surface area contributed by atoms with Crippen molar-refractivity contribution in [3.05, 3.63) is 51.2 Å². The number of nitrogens with one attached hydrogen (secondary N) is 1. The number of carbonyl (C=O) groups excluding carboxylic acids is 1. The zero-order valence-electron chi connectivity index (χ0n) is 12.6. The van der Waals surface area contributed by atoms with E-state index in [4.69, 9.17) is 16.3 Å². The molecule has 2 rings (SSSR count). The van der Waals surface area contributed by atoms with E-state index in [0.29, 0.717) is 10.8 Å². The van der Waals surface area contributed by atoms with Gasteiger partial charge in [-0.15, -0.1) is 11.3 Å². The molecule has 2 aromatic rings. The Morgan fingerprint density at radius 2 is 2.18 bits per heavy atom. The molecule has 0 spiro atoms. The van der Waals surface area contributed by atoms with E-state index >= 15 is 0 Å². The molecule has 0 saturated carbocycles. The monoisotopic (exact) mass is 336 g/mol. The Balaban J connectivity index is 1.96. The van der Waals surface area contributed by atoms with Gasteiger partial charge in [0.15, 0.2) is 6.10 Å². The maximum absolute atomic E-state index is 12.0. The fourth-order valence-electron chi connectivity index (χ4n) is 1.76. The first-order chi connectivity index (χ1) is 10.5. The summed E-state index contributed by atoms with van der Waals surface area (Å²) in [6.07, 6.45) is -0.653. The van der Waals surface area contributed by atoms with E-state index in [1.54, 1.807) is 36.5 Å². The average molecular weight is 337 g/mol. The van der Waals surface area contributed by atoms with E-state index in [2.05, 4.69) is 10.5 Å². The lowest BCUT2D eigenvalue weighted by atomic mass is 10.2. The number of nitrogens with zero attached hydrogens (tertiary/aromatic N) is 1. The molecule has 0 aliphatic carbocycles. The molecule has 6 heteroatoms. The predicted octanol–water partition coefficient (Wildman–Crippen LogP) is 4.02. The van der Waals surface area contributed by atoms with Crippen LogP contribution in [0, 0.1) is 6.92 Å². The smallest absolute Gasteiger partial charge is 0.280 e. The molecule has 1 atom stereocenters. The van der Waals surface area contributed by atoms with Gasteiger partial charge in [-0.2, -0.15) is 5.10 Å². The van der Waals surface area contributed by atoms with Gasteiger partial charge in [0.2, 0.25) is 0 Å². The second-order valence-electron chi connectivity index (χ2n) is 4.82. The molecule has 0 aliphatic rings. The van der Waals surface area contributed by atoms with Crippen molar-refractivity contribution >= 4 is 34.6 Å². The van der Waals surface area contributed by atoms with E-state index in [9.17, 15) is 4.79 Å². The largest absolute Gasteiger partial charge is 0.481 e. The number of rotatable bonds is 5. The molecule has 0 aliphatic heterocycles. The second-order valence-corrected chi connectivity index (χ2v) is 6.20. The minimum absolute atomic E-state index is 0.301. The summed E-state index contributed by atoms with van der Waals surface area (Å²) in [7, 11) is 0. The number of ether oxygens (including phenoxy) is 1. The van der Waals surface area contributed by atoms with Gasteiger partial charge in [-0.1, -0.05) is 17.7 Å². The van der Waals surface area contributed by atoms with Gasteiger partial charge in [0, 0.05) is 9.90 Å². The Hall–Kier alpha value is -1.85. The number of hydrogen-bond donors (Lipinski definition) is 1. The first kappa shape index (κ1) is 16.5. The van der Waals surface area contributed by atoms with Crippen LogP contribution < -0.4 is 10.2 Å². The molecule has 116 valence electrons. The minimum atomic E-state index is -0.653. The summed E-state index contributed by atoms with van der Waals surface area (Å²) in [5.74, 6) is 0.330. The molecule has 1 aromatic carbocycles. The third-order valence-electron chi connectivity index (χ3n) is 3.02. The maximum atomic E-state index is 12.0. The molecule has 1 aromatic heterocycles. The normalized spacial score (nSPS) is 12.8. The molecular formula is C16H17ClN2O2S. The Morgan fingerprint density at radius 1 is 1.41 bits per heavy atom. The van der Waals surface area contributed by atoms with Crippen molar-refractivity contribution in [1.29, 1.82) is 0 Å². The van der Waals surface area contributed by atoms with E-state index in [-0.39, 0.29) is 5.91 Å². The van der Waals surface area contributed by atoms with Gasteiger partial charge in [-0.25, -0.2) is 5.43 Å². The number of halogens is 1. The van der Waals surface area contributed by atoms with Crippen molar-refractivity contribution in [3.8, 4) is 5.75 Å². The van der Waals surface area contributed by atoms with E-state index < -0.39 is 6.10 Å². The van der Waals surface area contributed by atoms with Gasteiger partial charge in [0.05, 0.1) is 5.71 Å². The molecule has 0 saturated heterocycles. The second kappa shape index (κ2) is 7.42. The quantitative estimate of drug-likeness (QED) is 0.662. The third kappa shape index (κ3) is 4.32. The van der Waals surface area contributed by atoms with Crippen molar-refractivity contribution < 1.29 is 9.53 Å². The van der Waals surface area contributed by atoms with Crippen LogP contribution in [-0.2, 0) is 4.79 Å². The molecule has 22 heavy (non-hydrogen) atoms. The highest BCUT2D eigenvalue weighted by molar-refractivity contribution is 7.12. The van der Waals surface area contributed by atoms with Gasteiger partial charge in [-0.3, -0.25) is 4.79 Å². The summed E-state index contributed by atoms with van der Waals surface area (Å²) in [5, 5.41) is 6.69. The van der Waals surface area contributed by atoms with Gasteiger partial charge in [0.25, 0.3) is 5.91 Å². The summed E-state index contributed by atoms with van der Waals surface area (Å²) in [4.78, 5) is 13.0. The predicted molar refractivity (Wildman–Crippen MR) is 91.0 cm³/mol. The van der Waals surface area contributed by atoms with Crippen LogP contribution in [0.2, 0.25) is 5.02 Å². The van der Waals surface area contributed by atoms with Crippen molar-refractivity contribution in [2.45, 2.75) is 26.9 Å². The van der Waals surface area contributed by atoms with Crippen LogP contribution in [0.4, 0.5) is 0 Å². The van der Waals surface area contributed by atoms with Crippen LogP contribution in [0.3, 0.4) is 0 Å². The van der Waals surface area contributed by atoms with Crippen LogP contribution in [0.15, 0.2) is 40.8 Å². The number of carbonyl (C=O) groups is 1. The average Bonchev–Trinajstić information content (AvgIpc) is 3.01. The Kier molecular flexibility index (Phi) is 5.57. The highest BCUT2D eigenvalue weighted by Crippen LogP contribution is 2.22. The van der Waals surface area contributed by atoms with Crippen molar-refractivity contribution in [1.82, 2.24) is 5.43 Å². The van der Waals surface area contributed by atoms with Crippen LogP contribution in [-0.4, -0.2) is 17.7 Å². The number of thiophene rings is 1. The SMILES string of the molecule is C/C(=N/NC(=O)[C@H](C)Oc1ccc(Cl)cc1C)c1cccs1. The summed E-state index contributed by atoms with van der Waals surface area (Å²) < 4.78 is 5.65. The van der Waals surface area contributed by atoms with E-state index in [1.807, 2.05) is 31.4 Å². The number of amides is 1. The highest BCUT2D eigenvalue weighted by atomic mass is 35.5. The van der Waals surface area contributed by atoms with Gasteiger partial charge in [-0.05, 0) is 56.0 Å². The lowest BCUT2D eigenvalue weighted by Crippen LogP contribution is -2.34. The Bertz CT molecular complexity index is 683. The van der Waals surface area contributed by atoms with Crippen LogP contribution in [0.25, 0.3) is 0 Å². The van der Waals surface area contributed by atoms with Crippen LogP contribution >= 0.6 is 22.9 Å². The maximum Gasteiger partial charge on any atom is 0.280 e. The molecule has 0 unspecified atom stereocenters. The number of hydrogen-bond acceptors (Lipinski definition) is 4. The molecular weight excluding hydrogens is 320 g/mol. The fraction of sp³-hybridized carbons (Fsp3) is 0.250. The minimum Gasteiger partial charge on any atom is -0.481 e. The lowest BCUT2D eigenvalue weighted by Gasteiger charge is -2.15. The highest BCUT2D eigenvalue weighted by Gasteiger charge is 2.15. The summed E-state index contributed by atoms with van der Waals surface area (Å²) in [6.45, 7) is 5.41. The number of benzene rings is 1. The third-order valence-corrected chi connectivity index (χ3v) is 4.24. The molecule has 1 amide bonds. The lowest BCUT2D eigenvalue weighted by molar-refractivity contribution is -0.127. The molecule has 4 nitrogen and oxygen atoms in total. The first-order valence-electron chi connectivity index (χ1n) is 6.78. The van der Waals surface area contributed by atoms with Gasteiger partial charge >= 0.3 is 0 Å². The van der Waals surface area contributed by atoms with E-state index in [1.165, 1.54) is 0 Å². The molecule has 0 radical (unpaired) electrons. The molecule has 1 N–H and O–H groups in total. The number of hydrazone groups is 1. The van der Waals surface area contributed by atoms with E-state index in [0.717, 1.165) is 16.2 Å². The zero-order chi connectivity index (χ0) is 16.1. The van der Waals surface area contributed by atoms with Crippen molar-refractivity contribution in [2.75, 3.05) is 0 Å². The van der Waals surface area contributed by atoms with Gasteiger partial charge in [0.1, 0.15) is 5.75 Å². The molecule has 1 heterocycles. The van der Waals surface area contributed by atoms with Crippen molar-refractivity contribution in [2.24, 2.45) is 5.10 Å². The van der Waals surface area contributed by atoms with Crippen LogP contribution in [0.5, 0.6) is 5.75 Å². The Morgan fingerprint density at radius 3 is 2.82 bits per heavy atom. The van der Waals surface area contributed by atoms with Gasteiger partial charge < -0.3 is 4.74 Å². The summed E-state index contributed by atoms with van der Waals surface area (Å²) >= 11 is 7.47. The standard InChI is InChI=1S/C16H17ClN2O2S/c1-10-9-13(17)6-7-14(10)21-12(3)16(20)19-18-11(2)15-5-4-8-22-15/h4-9,12H,1-3H3,(H,19,20)/b18-11-/t12-/m0/s1. The molecule has 0 bridgehead atoms. The van der Waals surface area contributed by atoms with Crippen molar-refractivity contribution in [3.63, 3.8) is 0 Å². The fourth-order valence-corrected chi connectivity index (χ4v) is 2.66. The first-order valence-corrected chi connectivity index (χ1v) is 8.04. The van der Waals surface area contributed by atoms with Crippen LogP contribution in [0.1, 0.15) is 24.3 Å².